The second-order valence-corrected chi connectivity index (χ2v) is 8.79. The minimum Gasteiger partial charge on any atom is -0.385 e. The van der Waals surface area contributed by atoms with E-state index in [0.717, 1.165) is 31.6 Å². The molecule has 0 amide bonds. The predicted molar refractivity (Wildman–Crippen MR) is 108 cm³/mol. The van der Waals surface area contributed by atoms with Crippen molar-refractivity contribution in [1.82, 2.24) is 10.3 Å². The van der Waals surface area contributed by atoms with Gasteiger partial charge in [-0.05, 0) is 74.4 Å². The molecule has 2 saturated heterocycles. The first-order chi connectivity index (χ1) is 13.1. The summed E-state index contributed by atoms with van der Waals surface area (Å²) in [6.07, 6.45) is 5.78. The average molecular weight is 364 g/mol. The van der Waals surface area contributed by atoms with Gasteiger partial charge < -0.3 is 15.3 Å². The van der Waals surface area contributed by atoms with Gasteiger partial charge in [-0.15, -0.1) is 0 Å². The molecule has 0 radical (unpaired) electrons. The van der Waals surface area contributed by atoms with Gasteiger partial charge >= 0.3 is 0 Å². The van der Waals surface area contributed by atoms with Crippen molar-refractivity contribution in [3.05, 3.63) is 59.4 Å². The number of rotatable bonds is 2. The molecule has 5 rings (SSSR count). The van der Waals surface area contributed by atoms with E-state index >= 15 is 0 Å². The van der Waals surface area contributed by atoms with Gasteiger partial charge in [-0.1, -0.05) is 17.7 Å². The molecule has 4 heterocycles. The van der Waals surface area contributed by atoms with Crippen LogP contribution in [0, 0.1) is 18.8 Å². The summed E-state index contributed by atoms with van der Waals surface area (Å²) in [5.74, 6) is 1.24. The molecule has 0 spiro atoms. The number of nitrogens with zero attached hydrogens (tertiary/aromatic N) is 2. The van der Waals surface area contributed by atoms with Crippen molar-refractivity contribution < 1.29 is 5.11 Å². The molecule has 2 fully saturated rings. The van der Waals surface area contributed by atoms with Gasteiger partial charge in [0.05, 0.1) is 5.60 Å². The third-order valence-electron chi connectivity index (χ3n) is 7.30. The Kier molecular flexibility index (Phi) is 4.03. The van der Waals surface area contributed by atoms with Crippen molar-refractivity contribution in [2.75, 3.05) is 24.5 Å². The molecule has 142 valence electrons. The van der Waals surface area contributed by atoms with Gasteiger partial charge in [0.15, 0.2) is 0 Å². The minimum atomic E-state index is -0.832. The third-order valence-corrected chi connectivity index (χ3v) is 7.30. The number of hydrogen-bond acceptors (Lipinski definition) is 4. The lowest BCUT2D eigenvalue weighted by molar-refractivity contribution is -0.0486. The summed E-state index contributed by atoms with van der Waals surface area (Å²) in [6, 6.07) is 11.4. The standard InChI is InChI=1S/C23H29N3O/c1-15-3-4-21-18(13-15)17-7-11-25-14-19-20(8-12-26(21)22(17)19)23(2,27)16-5-9-24-10-6-16/h3-6,9-10,13,17,19-20,22,25,27H,7-8,11-12,14H2,1-2H3. The van der Waals surface area contributed by atoms with Crippen molar-refractivity contribution in [2.24, 2.45) is 11.8 Å². The quantitative estimate of drug-likeness (QED) is 0.860. The Labute approximate surface area is 161 Å². The Bertz CT molecular complexity index is 835. The van der Waals surface area contributed by atoms with E-state index in [1.54, 1.807) is 12.4 Å². The fraction of sp³-hybridized carbons (Fsp3) is 0.522. The topological polar surface area (TPSA) is 48.4 Å². The van der Waals surface area contributed by atoms with E-state index in [-0.39, 0.29) is 5.92 Å². The Hall–Kier alpha value is -1.91. The Morgan fingerprint density at radius 3 is 2.81 bits per heavy atom. The van der Waals surface area contributed by atoms with Crippen molar-refractivity contribution in [1.29, 1.82) is 0 Å². The van der Waals surface area contributed by atoms with Gasteiger partial charge in [0.1, 0.15) is 0 Å². The highest BCUT2D eigenvalue weighted by Gasteiger charge is 2.52. The zero-order valence-corrected chi connectivity index (χ0v) is 16.2. The Morgan fingerprint density at radius 1 is 1.19 bits per heavy atom. The molecule has 0 aliphatic carbocycles. The average Bonchev–Trinajstić information content (AvgIpc) is 2.83. The fourth-order valence-electron chi connectivity index (χ4n) is 6.04. The predicted octanol–water partition coefficient (Wildman–Crippen LogP) is 3.20. The van der Waals surface area contributed by atoms with Gasteiger partial charge in [0, 0.05) is 43.1 Å². The number of benzene rings is 1. The van der Waals surface area contributed by atoms with Crippen LogP contribution >= 0.6 is 0 Å². The van der Waals surface area contributed by atoms with E-state index in [4.69, 9.17) is 0 Å². The molecule has 4 nitrogen and oxygen atoms in total. The third kappa shape index (κ3) is 2.61. The maximum absolute atomic E-state index is 11.6. The second-order valence-electron chi connectivity index (χ2n) is 8.79. The molecule has 4 heteroatoms. The molecule has 1 aromatic heterocycles. The Morgan fingerprint density at radius 2 is 2.00 bits per heavy atom. The lowest BCUT2D eigenvalue weighted by Gasteiger charge is -2.49. The fourth-order valence-corrected chi connectivity index (χ4v) is 6.04. The van der Waals surface area contributed by atoms with Gasteiger partial charge in [-0.3, -0.25) is 4.98 Å². The van der Waals surface area contributed by atoms with Crippen molar-refractivity contribution in [3.63, 3.8) is 0 Å². The summed E-state index contributed by atoms with van der Waals surface area (Å²) in [6.45, 7) is 7.27. The molecule has 5 atom stereocenters. The molecule has 27 heavy (non-hydrogen) atoms. The van der Waals surface area contributed by atoms with E-state index < -0.39 is 5.60 Å². The van der Waals surface area contributed by atoms with E-state index in [0.29, 0.717) is 17.9 Å². The van der Waals surface area contributed by atoms with Crippen LogP contribution in [0.2, 0.25) is 0 Å². The molecule has 0 saturated carbocycles. The summed E-state index contributed by atoms with van der Waals surface area (Å²) >= 11 is 0. The van der Waals surface area contributed by atoms with Crippen LogP contribution in [0.15, 0.2) is 42.7 Å². The summed E-state index contributed by atoms with van der Waals surface area (Å²) in [5.41, 5.74) is 4.47. The summed E-state index contributed by atoms with van der Waals surface area (Å²) < 4.78 is 0. The van der Waals surface area contributed by atoms with E-state index in [9.17, 15) is 5.11 Å². The van der Waals surface area contributed by atoms with Crippen LogP contribution in [0.3, 0.4) is 0 Å². The number of hydrogen-bond donors (Lipinski definition) is 2. The molecule has 2 aromatic rings. The molecule has 1 aromatic carbocycles. The van der Waals surface area contributed by atoms with Crippen LogP contribution in [0.25, 0.3) is 0 Å². The van der Waals surface area contributed by atoms with Gasteiger partial charge in [-0.25, -0.2) is 0 Å². The normalized spacial score (nSPS) is 31.6. The molecular weight excluding hydrogens is 334 g/mol. The number of aromatic nitrogens is 1. The monoisotopic (exact) mass is 363 g/mol. The minimum absolute atomic E-state index is 0.240. The molecular formula is C23H29N3O. The van der Waals surface area contributed by atoms with Crippen LogP contribution in [0.4, 0.5) is 5.69 Å². The zero-order valence-electron chi connectivity index (χ0n) is 16.2. The van der Waals surface area contributed by atoms with E-state index in [1.807, 2.05) is 19.1 Å². The lowest BCUT2D eigenvalue weighted by atomic mass is 9.67. The highest BCUT2D eigenvalue weighted by molar-refractivity contribution is 5.64. The molecule has 3 aliphatic heterocycles. The summed E-state index contributed by atoms with van der Waals surface area (Å²) in [4.78, 5) is 6.79. The second kappa shape index (κ2) is 6.32. The van der Waals surface area contributed by atoms with Gasteiger partial charge in [-0.2, -0.15) is 0 Å². The highest BCUT2D eigenvalue weighted by Crippen LogP contribution is 2.53. The molecule has 3 aliphatic rings. The van der Waals surface area contributed by atoms with Crippen LogP contribution < -0.4 is 10.2 Å². The SMILES string of the molecule is Cc1ccc2c(c1)C1CCNCC3C1N2CCC3C(C)(O)c1ccncc1. The number of aryl methyl sites for hydroxylation is 1. The van der Waals surface area contributed by atoms with E-state index in [1.165, 1.54) is 23.2 Å². The number of piperidine rings is 1. The first-order valence-electron chi connectivity index (χ1n) is 10.3. The molecule has 0 bridgehead atoms. The maximum atomic E-state index is 11.6. The summed E-state index contributed by atoms with van der Waals surface area (Å²) in [7, 11) is 0. The molecule has 5 unspecified atom stereocenters. The number of aliphatic hydroxyl groups is 1. The summed E-state index contributed by atoms with van der Waals surface area (Å²) in [5, 5.41) is 15.3. The first kappa shape index (κ1) is 17.2. The Balaban J connectivity index is 1.55. The molecule has 2 N–H and O–H groups in total. The van der Waals surface area contributed by atoms with Crippen molar-refractivity contribution >= 4 is 5.69 Å². The largest absolute Gasteiger partial charge is 0.385 e. The number of pyridine rings is 1. The van der Waals surface area contributed by atoms with E-state index in [2.05, 4.69) is 40.3 Å². The van der Waals surface area contributed by atoms with Crippen LogP contribution in [-0.4, -0.2) is 35.8 Å². The lowest BCUT2D eigenvalue weighted by Crippen LogP contribution is -2.55. The first-order valence-corrected chi connectivity index (χ1v) is 10.3. The van der Waals surface area contributed by atoms with Gasteiger partial charge in [0.25, 0.3) is 0 Å². The van der Waals surface area contributed by atoms with Crippen molar-refractivity contribution in [3.8, 4) is 0 Å². The van der Waals surface area contributed by atoms with Crippen LogP contribution in [0.5, 0.6) is 0 Å². The van der Waals surface area contributed by atoms with Crippen LogP contribution in [0.1, 0.15) is 42.4 Å². The number of anilines is 1. The number of fused-ring (bicyclic) bond motifs is 3. The number of nitrogens with one attached hydrogen (secondary N) is 1. The van der Waals surface area contributed by atoms with Gasteiger partial charge in [0.2, 0.25) is 0 Å². The highest BCUT2D eigenvalue weighted by atomic mass is 16.3. The zero-order chi connectivity index (χ0) is 18.6. The van der Waals surface area contributed by atoms with Crippen molar-refractivity contribution in [2.45, 2.75) is 44.2 Å². The smallest absolute Gasteiger partial charge is 0.0902 e. The maximum Gasteiger partial charge on any atom is 0.0902 e. The van der Waals surface area contributed by atoms with Crippen LogP contribution in [-0.2, 0) is 5.60 Å².